The third-order valence-corrected chi connectivity index (χ3v) is 8.56. The zero-order valence-electron chi connectivity index (χ0n) is 17.7. The van der Waals surface area contributed by atoms with E-state index in [0.717, 1.165) is 19.3 Å². The first-order chi connectivity index (χ1) is 14.5. The molecular formula is C22H31N3O4S. The molecule has 4 heterocycles. The molecule has 0 saturated carbocycles. The van der Waals surface area contributed by atoms with Crippen molar-refractivity contribution in [1.82, 2.24) is 14.7 Å². The summed E-state index contributed by atoms with van der Waals surface area (Å²) < 4.78 is -0.768. The summed E-state index contributed by atoms with van der Waals surface area (Å²) in [6, 6.07) is -0.675. The Morgan fingerprint density at radius 2 is 1.90 bits per heavy atom. The number of carbonyl (C=O) groups is 3. The Balaban J connectivity index is 1.75. The van der Waals surface area contributed by atoms with Gasteiger partial charge >= 0.3 is 0 Å². The second-order valence-corrected chi connectivity index (χ2v) is 10.1. The zero-order chi connectivity index (χ0) is 21.5. The normalized spacial score (nSPS) is 35.4. The van der Waals surface area contributed by atoms with Gasteiger partial charge in [-0.1, -0.05) is 44.1 Å². The maximum absolute atomic E-state index is 13.7. The first kappa shape index (κ1) is 21.4. The Kier molecular flexibility index (Phi) is 5.99. The first-order valence-electron chi connectivity index (χ1n) is 10.9. The summed E-state index contributed by atoms with van der Waals surface area (Å²) in [5.41, 5.74) is 0. The maximum Gasteiger partial charge on any atom is 0.247 e. The smallest absolute Gasteiger partial charge is 0.247 e. The highest BCUT2D eigenvalue weighted by Gasteiger charge is 2.70. The summed E-state index contributed by atoms with van der Waals surface area (Å²) in [6.45, 7) is 3.75. The van der Waals surface area contributed by atoms with Gasteiger partial charge in [0, 0.05) is 38.5 Å². The SMILES string of the molecule is CCCCCN1CC=C[C@]23S[C@H]4C=CCN(C)C(=O)[C@H]4[C@H]2C(=O)N(CCO)C3C1=O. The molecule has 0 aromatic rings. The fraction of sp³-hybridized carbons (Fsp3) is 0.682. The van der Waals surface area contributed by atoms with Crippen molar-refractivity contribution in [3.05, 3.63) is 24.3 Å². The number of aliphatic hydroxyl groups excluding tert-OH is 1. The molecule has 1 unspecified atom stereocenters. The van der Waals surface area contributed by atoms with E-state index in [-0.39, 0.29) is 36.1 Å². The molecule has 8 heteroatoms. The molecule has 30 heavy (non-hydrogen) atoms. The summed E-state index contributed by atoms with van der Waals surface area (Å²) in [6.07, 6.45) is 11.1. The Bertz CT molecular complexity index is 784. The molecule has 0 aromatic carbocycles. The quantitative estimate of drug-likeness (QED) is 0.497. The van der Waals surface area contributed by atoms with Gasteiger partial charge in [-0.3, -0.25) is 14.4 Å². The molecule has 5 atom stereocenters. The van der Waals surface area contributed by atoms with Gasteiger partial charge in [0.05, 0.1) is 23.2 Å². The van der Waals surface area contributed by atoms with E-state index in [1.54, 1.807) is 28.6 Å². The van der Waals surface area contributed by atoms with E-state index in [0.29, 0.717) is 19.6 Å². The molecule has 0 radical (unpaired) electrons. The number of hydrogen-bond donors (Lipinski definition) is 1. The maximum atomic E-state index is 13.7. The molecule has 4 rings (SSSR count). The van der Waals surface area contributed by atoms with Crippen LogP contribution in [-0.4, -0.2) is 93.4 Å². The van der Waals surface area contributed by atoms with Crippen molar-refractivity contribution in [2.45, 2.75) is 42.2 Å². The molecule has 7 nitrogen and oxygen atoms in total. The number of thioether (sulfide) groups is 1. The minimum Gasteiger partial charge on any atom is -0.395 e. The van der Waals surface area contributed by atoms with E-state index in [2.05, 4.69) is 6.92 Å². The van der Waals surface area contributed by atoms with Gasteiger partial charge in [-0.2, -0.15) is 0 Å². The lowest BCUT2D eigenvalue weighted by molar-refractivity contribution is -0.144. The predicted molar refractivity (Wildman–Crippen MR) is 116 cm³/mol. The molecule has 3 amide bonds. The van der Waals surface area contributed by atoms with Crippen molar-refractivity contribution in [2.75, 3.05) is 39.8 Å². The molecule has 0 bridgehead atoms. The van der Waals surface area contributed by atoms with Crippen LogP contribution in [0, 0.1) is 11.8 Å². The third kappa shape index (κ3) is 3.19. The summed E-state index contributed by atoms with van der Waals surface area (Å²) in [5, 5.41) is 9.51. The summed E-state index contributed by atoms with van der Waals surface area (Å²) in [7, 11) is 1.76. The van der Waals surface area contributed by atoms with E-state index >= 15 is 0 Å². The number of likely N-dealkylation sites (N-methyl/N-ethyl adjacent to an activating group) is 1. The lowest BCUT2D eigenvalue weighted by Gasteiger charge is -2.35. The Morgan fingerprint density at radius 3 is 2.63 bits per heavy atom. The highest BCUT2D eigenvalue weighted by atomic mass is 32.2. The number of unbranched alkanes of at least 4 members (excludes halogenated alkanes) is 2. The van der Waals surface area contributed by atoms with Crippen molar-refractivity contribution >= 4 is 29.5 Å². The fourth-order valence-corrected chi connectivity index (χ4v) is 7.42. The second kappa shape index (κ2) is 8.38. The lowest BCUT2D eigenvalue weighted by Crippen LogP contribution is -2.53. The van der Waals surface area contributed by atoms with Crippen LogP contribution in [0.4, 0.5) is 0 Å². The topological polar surface area (TPSA) is 81.2 Å². The molecular weight excluding hydrogens is 402 g/mol. The first-order valence-corrected chi connectivity index (χ1v) is 11.8. The van der Waals surface area contributed by atoms with Gasteiger partial charge in [-0.15, -0.1) is 11.8 Å². The van der Waals surface area contributed by atoms with Crippen LogP contribution in [0.1, 0.15) is 26.2 Å². The molecule has 1 spiro atoms. The van der Waals surface area contributed by atoms with Crippen LogP contribution in [0.15, 0.2) is 24.3 Å². The standard InChI is InChI=1S/C22H31N3O4S/c1-3-4-5-11-24-12-7-9-22-17(20(28)25(13-14-26)18(22)21(24)29)16-15(30-22)8-6-10-23(2)19(16)27/h6-9,15-18,26H,3-5,10-14H2,1-2H3/t15-,16+,17-,18?,22-/m0/s1. The van der Waals surface area contributed by atoms with Crippen molar-refractivity contribution in [1.29, 1.82) is 0 Å². The Labute approximate surface area is 182 Å². The van der Waals surface area contributed by atoms with E-state index in [4.69, 9.17) is 0 Å². The minimum absolute atomic E-state index is 0.0396. The van der Waals surface area contributed by atoms with Crippen molar-refractivity contribution in [3.8, 4) is 0 Å². The predicted octanol–water partition coefficient (Wildman–Crippen LogP) is 0.893. The van der Waals surface area contributed by atoms with Crippen LogP contribution >= 0.6 is 11.8 Å². The number of likely N-dealkylation sites (tertiary alicyclic amines) is 1. The highest BCUT2D eigenvalue weighted by molar-refractivity contribution is 8.02. The van der Waals surface area contributed by atoms with Crippen LogP contribution < -0.4 is 0 Å². The minimum atomic E-state index is -0.768. The van der Waals surface area contributed by atoms with E-state index in [1.807, 2.05) is 29.2 Å². The summed E-state index contributed by atoms with van der Waals surface area (Å²) in [5.74, 6) is -1.35. The Morgan fingerprint density at radius 1 is 1.10 bits per heavy atom. The van der Waals surface area contributed by atoms with E-state index < -0.39 is 22.6 Å². The highest BCUT2D eigenvalue weighted by Crippen LogP contribution is 2.60. The summed E-state index contributed by atoms with van der Waals surface area (Å²) >= 11 is 1.58. The number of aliphatic hydroxyl groups is 1. The number of fused-ring (bicyclic) bond motifs is 2. The van der Waals surface area contributed by atoms with Gasteiger partial charge in [0.1, 0.15) is 6.04 Å². The lowest BCUT2D eigenvalue weighted by atomic mass is 9.78. The van der Waals surface area contributed by atoms with Gasteiger partial charge in [-0.05, 0) is 6.42 Å². The van der Waals surface area contributed by atoms with Crippen molar-refractivity contribution < 1.29 is 19.5 Å². The van der Waals surface area contributed by atoms with Crippen LogP contribution in [0.25, 0.3) is 0 Å². The van der Waals surface area contributed by atoms with Gasteiger partial charge < -0.3 is 19.8 Å². The van der Waals surface area contributed by atoms with Gasteiger partial charge in [0.25, 0.3) is 0 Å². The number of rotatable bonds is 6. The van der Waals surface area contributed by atoms with Crippen LogP contribution in [0.3, 0.4) is 0 Å². The Hall–Kier alpha value is -1.80. The average Bonchev–Trinajstić information content (AvgIpc) is 3.04. The largest absolute Gasteiger partial charge is 0.395 e. The number of hydrogen-bond acceptors (Lipinski definition) is 5. The number of nitrogens with zero attached hydrogens (tertiary/aromatic N) is 3. The van der Waals surface area contributed by atoms with Gasteiger partial charge in [-0.25, -0.2) is 0 Å². The van der Waals surface area contributed by atoms with E-state index in [1.165, 1.54) is 0 Å². The summed E-state index contributed by atoms with van der Waals surface area (Å²) in [4.78, 5) is 45.5. The van der Waals surface area contributed by atoms with E-state index in [9.17, 15) is 19.5 Å². The van der Waals surface area contributed by atoms with Gasteiger partial charge in [0.2, 0.25) is 17.7 Å². The van der Waals surface area contributed by atoms with Crippen LogP contribution in [0.2, 0.25) is 0 Å². The van der Waals surface area contributed by atoms with Crippen molar-refractivity contribution in [3.63, 3.8) is 0 Å². The number of carbonyl (C=O) groups excluding carboxylic acids is 3. The second-order valence-electron chi connectivity index (χ2n) is 8.64. The van der Waals surface area contributed by atoms with Crippen molar-refractivity contribution in [2.24, 2.45) is 11.8 Å². The van der Waals surface area contributed by atoms with Crippen LogP contribution in [0.5, 0.6) is 0 Å². The number of β-amino-alcohol motifs (C(OH)–C–C–N with tert-alkyl or cyclic N) is 1. The zero-order valence-corrected chi connectivity index (χ0v) is 18.5. The molecule has 0 aromatic heterocycles. The molecule has 1 N–H and O–H groups in total. The average molecular weight is 434 g/mol. The molecule has 0 aliphatic carbocycles. The molecule has 2 saturated heterocycles. The molecule has 4 aliphatic heterocycles. The number of amides is 3. The van der Waals surface area contributed by atoms with Crippen LogP contribution in [-0.2, 0) is 14.4 Å². The third-order valence-electron chi connectivity index (χ3n) is 6.82. The fourth-order valence-electron chi connectivity index (χ4n) is 5.41. The monoisotopic (exact) mass is 433 g/mol. The van der Waals surface area contributed by atoms with Gasteiger partial charge in [0.15, 0.2) is 0 Å². The molecule has 4 aliphatic rings. The molecule has 2 fully saturated rings. The molecule has 164 valence electrons.